The van der Waals surface area contributed by atoms with E-state index in [9.17, 15) is 4.79 Å². The second-order valence-corrected chi connectivity index (χ2v) is 6.47. The summed E-state index contributed by atoms with van der Waals surface area (Å²) in [4.78, 5) is 11.7. The van der Waals surface area contributed by atoms with E-state index in [2.05, 4.69) is 48.7 Å². The molecule has 0 fully saturated rings. The van der Waals surface area contributed by atoms with Crippen LogP contribution < -0.4 is 10.6 Å². The third-order valence-corrected chi connectivity index (χ3v) is 4.38. The molecule has 2 rings (SSSR count). The number of hydrogen-bond acceptors (Lipinski definition) is 3. The zero-order valence-corrected chi connectivity index (χ0v) is 16.0. The van der Waals surface area contributed by atoms with Crippen molar-refractivity contribution in [3.8, 4) is 0 Å². The highest BCUT2D eigenvalue weighted by Crippen LogP contribution is 2.24. The molecule has 4 nitrogen and oxygen atoms in total. The molecule has 1 atom stereocenters. The first-order valence-electron chi connectivity index (χ1n) is 7.96. The van der Waals surface area contributed by atoms with Gasteiger partial charge in [-0.1, -0.05) is 48.4 Å². The molecule has 0 unspecified atom stereocenters. The number of anilines is 1. The summed E-state index contributed by atoms with van der Waals surface area (Å²) in [6.07, 6.45) is 0.876. The minimum absolute atomic E-state index is 0.0863. The molecular weight excluding hydrogens is 356 g/mol. The Hall–Kier alpha value is -2.11. The lowest BCUT2D eigenvalue weighted by atomic mass is 10.0. The maximum absolute atomic E-state index is 11.7. The molecule has 0 saturated heterocycles. The van der Waals surface area contributed by atoms with E-state index in [0.717, 1.165) is 12.0 Å². The maximum Gasteiger partial charge on any atom is 0.337 e. The van der Waals surface area contributed by atoms with E-state index in [0.29, 0.717) is 21.4 Å². The standard InChI is InChI=1S/C19H21ClN2O2S/c1-4-16(13-7-5-12(2)6-8-13)21-19(25)22-17-11-14(18(23)24-3)9-10-15(17)20/h5-11,16H,4H2,1-3H3,(H2,21,22,25)/t16-/m1/s1. The van der Waals surface area contributed by atoms with E-state index < -0.39 is 5.97 Å². The molecule has 6 heteroatoms. The number of benzene rings is 2. The molecule has 0 amide bonds. The van der Waals surface area contributed by atoms with Crippen molar-refractivity contribution in [2.45, 2.75) is 26.3 Å². The van der Waals surface area contributed by atoms with Crippen LogP contribution >= 0.6 is 23.8 Å². The molecule has 25 heavy (non-hydrogen) atoms. The Morgan fingerprint density at radius 3 is 2.52 bits per heavy atom. The lowest BCUT2D eigenvalue weighted by Gasteiger charge is -2.20. The van der Waals surface area contributed by atoms with E-state index in [1.807, 2.05) is 0 Å². The number of nitrogens with one attached hydrogen (secondary N) is 2. The van der Waals surface area contributed by atoms with Gasteiger partial charge in [-0.15, -0.1) is 0 Å². The first kappa shape index (κ1) is 19.2. The molecule has 2 aromatic rings. The zero-order valence-electron chi connectivity index (χ0n) is 14.4. The molecule has 2 aromatic carbocycles. The highest BCUT2D eigenvalue weighted by Gasteiger charge is 2.13. The molecule has 0 bridgehead atoms. The van der Waals surface area contributed by atoms with Crippen molar-refractivity contribution in [3.63, 3.8) is 0 Å². The van der Waals surface area contributed by atoms with E-state index in [-0.39, 0.29) is 6.04 Å². The molecule has 0 aliphatic carbocycles. The Kier molecular flexibility index (Phi) is 6.79. The maximum atomic E-state index is 11.7. The molecule has 0 radical (unpaired) electrons. The Balaban J connectivity index is 2.10. The molecular formula is C19H21ClN2O2S. The molecule has 0 saturated carbocycles. The van der Waals surface area contributed by atoms with Gasteiger partial charge in [0.25, 0.3) is 0 Å². The van der Waals surface area contributed by atoms with Crippen LogP contribution in [0.2, 0.25) is 5.02 Å². The van der Waals surface area contributed by atoms with Gasteiger partial charge in [0.15, 0.2) is 5.11 Å². The Morgan fingerprint density at radius 2 is 1.92 bits per heavy atom. The largest absolute Gasteiger partial charge is 0.465 e. The number of hydrogen-bond donors (Lipinski definition) is 2. The summed E-state index contributed by atoms with van der Waals surface area (Å²) < 4.78 is 4.73. The highest BCUT2D eigenvalue weighted by molar-refractivity contribution is 7.80. The summed E-state index contributed by atoms with van der Waals surface area (Å²) >= 11 is 11.6. The third-order valence-electron chi connectivity index (χ3n) is 3.83. The van der Waals surface area contributed by atoms with Crippen LogP contribution in [0.15, 0.2) is 42.5 Å². The Morgan fingerprint density at radius 1 is 1.24 bits per heavy atom. The Bertz CT molecular complexity index is 763. The Labute approximate surface area is 158 Å². The van der Waals surface area contributed by atoms with Crippen molar-refractivity contribution < 1.29 is 9.53 Å². The normalized spacial score (nSPS) is 11.5. The van der Waals surface area contributed by atoms with Gasteiger partial charge in [-0.2, -0.15) is 0 Å². The first-order chi connectivity index (χ1) is 11.9. The smallest absolute Gasteiger partial charge is 0.337 e. The fourth-order valence-corrected chi connectivity index (χ4v) is 2.82. The molecule has 0 aliphatic rings. The van der Waals surface area contributed by atoms with Gasteiger partial charge in [-0.05, 0) is 49.3 Å². The van der Waals surface area contributed by atoms with Crippen LogP contribution in [0.4, 0.5) is 5.69 Å². The van der Waals surface area contributed by atoms with Gasteiger partial charge in [0, 0.05) is 0 Å². The van der Waals surface area contributed by atoms with Gasteiger partial charge in [0.2, 0.25) is 0 Å². The number of ether oxygens (including phenoxy) is 1. The zero-order chi connectivity index (χ0) is 18.4. The van der Waals surface area contributed by atoms with Gasteiger partial charge >= 0.3 is 5.97 Å². The van der Waals surface area contributed by atoms with E-state index in [1.54, 1.807) is 18.2 Å². The van der Waals surface area contributed by atoms with Crippen molar-refractivity contribution in [1.29, 1.82) is 0 Å². The van der Waals surface area contributed by atoms with E-state index in [1.165, 1.54) is 12.7 Å². The monoisotopic (exact) mass is 376 g/mol. The predicted molar refractivity (Wildman–Crippen MR) is 106 cm³/mol. The molecule has 0 aromatic heterocycles. The van der Waals surface area contributed by atoms with Gasteiger partial charge in [0.1, 0.15) is 0 Å². The first-order valence-corrected chi connectivity index (χ1v) is 8.75. The van der Waals surface area contributed by atoms with Crippen LogP contribution in [0.25, 0.3) is 0 Å². The summed E-state index contributed by atoms with van der Waals surface area (Å²) in [7, 11) is 1.34. The van der Waals surface area contributed by atoms with Gasteiger partial charge in [-0.3, -0.25) is 0 Å². The fraction of sp³-hybridized carbons (Fsp3) is 0.263. The molecule has 0 spiro atoms. The average Bonchev–Trinajstić information content (AvgIpc) is 2.61. The van der Waals surface area contributed by atoms with Crippen LogP contribution in [0.5, 0.6) is 0 Å². The van der Waals surface area contributed by atoms with Crippen molar-refractivity contribution in [2.75, 3.05) is 12.4 Å². The van der Waals surface area contributed by atoms with Gasteiger partial charge in [-0.25, -0.2) is 4.79 Å². The third kappa shape index (κ3) is 5.18. The number of halogens is 1. The molecule has 0 aliphatic heterocycles. The summed E-state index contributed by atoms with van der Waals surface area (Å²) in [5.41, 5.74) is 3.33. The van der Waals surface area contributed by atoms with Gasteiger partial charge in [0.05, 0.1) is 29.4 Å². The lowest BCUT2D eigenvalue weighted by molar-refractivity contribution is 0.0601. The average molecular weight is 377 g/mol. The lowest BCUT2D eigenvalue weighted by Crippen LogP contribution is -2.32. The van der Waals surface area contributed by atoms with Crippen molar-refractivity contribution in [1.82, 2.24) is 5.32 Å². The quantitative estimate of drug-likeness (QED) is 0.575. The summed E-state index contributed by atoms with van der Waals surface area (Å²) in [5.74, 6) is -0.426. The van der Waals surface area contributed by atoms with Crippen LogP contribution in [0, 0.1) is 6.92 Å². The predicted octanol–water partition coefficient (Wildman–Crippen LogP) is 4.87. The number of esters is 1. The van der Waals surface area contributed by atoms with Crippen molar-refractivity contribution in [3.05, 3.63) is 64.2 Å². The molecule has 132 valence electrons. The van der Waals surface area contributed by atoms with Crippen LogP contribution in [0.3, 0.4) is 0 Å². The van der Waals surface area contributed by atoms with Crippen molar-refractivity contribution >= 4 is 40.6 Å². The summed E-state index contributed by atoms with van der Waals surface area (Å²) in [5, 5.41) is 7.26. The number of rotatable bonds is 5. The van der Waals surface area contributed by atoms with Gasteiger partial charge < -0.3 is 15.4 Å². The fourth-order valence-electron chi connectivity index (χ4n) is 2.40. The number of aryl methyl sites for hydroxylation is 1. The number of carbonyl (C=O) groups excluding carboxylic acids is 1. The second-order valence-electron chi connectivity index (χ2n) is 5.66. The number of methoxy groups -OCH3 is 1. The summed E-state index contributed by atoms with van der Waals surface area (Å²) in [6.45, 7) is 4.14. The number of carbonyl (C=O) groups is 1. The number of thiocarbonyl (C=S) groups is 1. The molecule has 2 N–H and O–H groups in total. The van der Waals surface area contributed by atoms with Crippen LogP contribution in [-0.4, -0.2) is 18.2 Å². The summed E-state index contributed by atoms with van der Waals surface area (Å²) in [6, 6.07) is 13.3. The second kappa shape index (κ2) is 8.83. The SMILES string of the molecule is CC[C@@H](NC(=S)Nc1cc(C(=O)OC)ccc1Cl)c1ccc(C)cc1. The van der Waals surface area contributed by atoms with E-state index >= 15 is 0 Å². The topological polar surface area (TPSA) is 50.4 Å². The minimum atomic E-state index is -0.426. The van der Waals surface area contributed by atoms with E-state index in [4.69, 9.17) is 28.6 Å². The molecule has 0 heterocycles. The van der Waals surface area contributed by atoms with Crippen molar-refractivity contribution in [2.24, 2.45) is 0 Å². The minimum Gasteiger partial charge on any atom is -0.465 e. The highest BCUT2D eigenvalue weighted by atomic mass is 35.5. The van der Waals surface area contributed by atoms with Crippen LogP contribution in [0.1, 0.15) is 40.9 Å². The van der Waals surface area contributed by atoms with Crippen LogP contribution in [-0.2, 0) is 4.74 Å².